The molecule has 0 aliphatic rings. The fourth-order valence-corrected chi connectivity index (χ4v) is 3.24. The molecule has 144 valence electrons. The molecule has 5 nitrogen and oxygen atoms in total. The van der Waals surface area contributed by atoms with Crippen LogP contribution in [-0.4, -0.2) is 20.7 Å². The Morgan fingerprint density at radius 1 is 0.966 bits per heavy atom. The molecule has 4 rings (SSSR count). The Bertz CT molecular complexity index is 1140. The van der Waals surface area contributed by atoms with Gasteiger partial charge in [0, 0.05) is 16.3 Å². The maximum atomic E-state index is 12.9. The molecule has 0 spiro atoms. The maximum Gasteiger partial charge on any atom is 0.295 e. The molecule has 6 heteroatoms. The minimum absolute atomic E-state index is 0.0877. The number of nitrogens with one attached hydrogen (secondary N) is 1. The van der Waals surface area contributed by atoms with E-state index in [4.69, 9.17) is 11.6 Å². The first-order valence-corrected chi connectivity index (χ1v) is 9.56. The van der Waals surface area contributed by atoms with Crippen molar-refractivity contribution in [3.05, 3.63) is 94.8 Å². The summed E-state index contributed by atoms with van der Waals surface area (Å²) in [5, 5.41) is 7.98. The predicted octanol–water partition coefficient (Wildman–Crippen LogP) is 5.46. The number of carbonyl (C=O) groups is 1. The lowest BCUT2D eigenvalue weighted by Gasteiger charge is -2.07. The lowest BCUT2D eigenvalue weighted by Crippen LogP contribution is -2.15. The molecule has 0 saturated heterocycles. The molecule has 1 amide bonds. The minimum atomic E-state index is -0.367. The third-order valence-electron chi connectivity index (χ3n) is 4.53. The van der Waals surface area contributed by atoms with E-state index in [-0.39, 0.29) is 11.7 Å². The topological polar surface area (TPSA) is 59.8 Å². The van der Waals surface area contributed by atoms with Gasteiger partial charge in [-0.3, -0.25) is 4.79 Å². The first-order chi connectivity index (χ1) is 14.0. The van der Waals surface area contributed by atoms with Gasteiger partial charge in [0.25, 0.3) is 5.91 Å². The van der Waals surface area contributed by atoms with Crippen molar-refractivity contribution < 1.29 is 4.79 Å². The van der Waals surface area contributed by atoms with Crippen LogP contribution in [-0.2, 0) is 0 Å². The zero-order valence-corrected chi connectivity index (χ0v) is 16.8. The van der Waals surface area contributed by atoms with Crippen molar-refractivity contribution in [1.29, 1.82) is 0 Å². The molecule has 3 aromatic carbocycles. The number of rotatable bonds is 4. The molecular weight excluding hydrogens is 384 g/mol. The van der Waals surface area contributed by atoms with Crippen molar-refractivity contribution >= 4 is 23.2 Å². The highest BCUT2D eigenvalue weighted by molar-refractivity contribution is 6.30. The monoisotopic (exact) mass is 402 g/mol. The third-order valence-corrected chi connectivity index (χ3v) is 4.77. The van der Waals surface area contributed by atoms with Crippen LogP contribution >= 0.6 is 11.6 Å². The number of aromatic nitrogens is 3. The number of aryl methyl sites for hydroxylation is 2. The van der Waals surface area contributed by atoms with Crippen LogP contribution in [0.15, 0.2) is 72.8 Å². The van der Waals surface area contributed by atoms with E-state index in [0.29, 0.717) is 10.8 Å². The predicted molar refractivity (Wildman–Crippen MR) is 116 cm³/mol. The maximum absolute atomic E-state index is 12.9. The number of carbonyl (C=O) groups excluding carboxylic acids is 1. The number of amides is 1. The zero-order valence-electron chi connectivity index (χ0n) is 16.1. The fraction of sp³-hybridized carbons (Fsp3) is 0.0870. The summed E-state index contributed by atoms with van der Waals surface area (Å²) in [6.07, 6.45) is 0. The van der Waals surface area contributed by atoms with Gasteiger partial charge in [-0.2, -0.15) is 0 Å². The van der Waals surface area contributed by atoms with Gasteiger partial charge in [0.15, 0.2) is 5.82 Å². The second-order valence-corrected chi connectivity index (χ2v) is 7.23. The van der Waals surface area contributed by atoms with E-state index in [1.807, 2.05) is 74.5 Å². The Kier molecular flexibility index (Phi) is 5.14. The molecule has 0 aliphatic carbocycles. The summed E-state index contributed by atoms with van der Waals surface area (Å²) in [5.74, 6) is 0.270. The first-order valence-electron chi connectivity index (χ1n) is 9.18. The molecular formula is C23H19ClN4O. The van der Waals surface area contributed by atoms with Crippen LogP contribution in [0.25, 0.3) is 17.1 Å². The second-order valence-electron chi connectivity index (χ2n) is 6.79. The van der Waals surface area contributed by atoms with Gasteiger partial charge in [0.2, 0.25) is 5.82 Å². The van der Waals surface area contributed by atoms with E-state index < -0.39 is 0 Å². The minimum Gasteiger partial charge on any atom is -0.319 e. The molecule has 4 aromatic rings. The molecule has 0 atom stereocenters. The molecule has 1 aromatic heterocycles. The second kappa shape index (κ2) is 7.89. The Hall–Kier alpha value is -3.44. The Morgan fingerprint density at radius 2 is 1.76 bits per heavy atom. The largest absolute Gasteiger partial charge is 0.319 e. The molecule has 0 radical (unpaired) electrons. The summed E-state index contributed by atoms with van der Waals surface area (Å²) >= 11 is 6.18. The number of hydrogen-bond acceptors (Lipinski definition) is 3. The summed E-state index contributed by atoms with van der Waals surface area (Å²) in [6.45, 7) is 3.94. The fourth-order valence-electron chi connectivity index (χ4n) is 3.05. The van der Waals surface area contributed by atoms with E-state index in [1.54, 1.807) is 16.8 Å². The SMILES string of the molecule is Cc1cccc(-n2nc(C(=O)Nc3ccccc3C)nc2-c2cccc(Cl)c2)c1. The molecule has 1 heterocycles. The summed E-state index contributed by atoms with van der Waals surface area (Å²) in [5.41, 5.74) is 4.38. The van der Waals surface area contributed by atoms with Gasteiger partial charge < -0.3 is 5.32 Å². The van der Waals surface area contributed by atoms with E-state index in [9.17, 15) is 4.79 Å². The lowest BCUT2D eigenvalue weighted by atomic mass is 10.2. The Labute approximate surface area is 174 Å². The molecule has 0 bridgehead atoms. The number of halogens is 1. The van der Waals surface area contributed by atoms with Gasteiger partial charge >= 0.3 is 0 Å². The summed E-state index contributed by atoms with van der Waals surface area (Å²) in [7, 11) is 0. The van der Waals surface area contributed by atoms with Crippen molar-refractivity contribution in [2.24, 2.45) is 0 Å². The highest BCUT2D eigenvalue weighted by atomic mass is 35.5. The van der Waals surface area contributed by atoms with Gasteiger partial charge in [-0.25, -0.2) is 9.67 Å². The zero-order chi connectivity index (χ0) is 20.4. The smallest absolute Gasteiger partial charge is 0.295 e. The van der Waals surface area contributed by atoms with Crippen LogP contribution in [0.4, 0.5) is 5.69 Å². The highest BCUT2D eigenvalue weighted by Crippen LogP contribution is 2.25. The van der Waals surface area contributed by atoms with Crippen molar-refractivity contribution in [1.82, 2.24) is 14.8 Å². The van der Waals surface area contributed by atoms with E-state index in [2.05, 4.69) is 15.4 Å². The number of anilines is 1. The van der Waals surface area contributed by atoms with Gasteiger partial charge in [-0.05, 0) is 55.3 Å². The van der Waals surface area contributed by atoms with Crippen molar-refractivity contribution in [2.75, 3.05) is 5.32 Å². The number of hydrogen-bond donors (Lipinski definition) is 1. The van der Waals surface area contributed by atoms with Crippen LogP contribution in [0, 0.1) is 13.8 Å². The number of para-hydroxylation sites is 1. The number of benzene rings is 3. The molecule has 0 fully saturated rings. The lowest BCUT2D eigenvalue weighted by molar-refractivity contribution is 0.101. The van der Waals surface area contributed by atoms with Crippen molar-refractivity contribution in [3.63, 3.8) is 0 Å². The van der Waals surface area contributed by atoms with Crippen LogP contribution in [0.3, 0.4) is 0 Å². The summed E-state index contributed by atoms with van der Waals surface area (Å²) in [4.78, 5) is 17.4. The standard InChI is InChI=1S/C23H19ClN4O/c1-15-7-5-11-19(13-15)28-22(17-9-6-10-18(24)14-17)26-21(27-28)23(29)25-20-12-4-3-8-16(20)2/h3-14H,1-2H3,(H,25,29). The summed E-state index contributed by atoms with van der Waals surface area (Å²) in [6, 6.07) is 22.8. The average molecular weight is 403 g/mol. The third kappa shape index (κ3) is 4.05. The van der Waals surface area contributed by atoms with E-state index in [0.717, 1.165) is 28.1 Å². The van der Waals surface area contributed by atoms with Gasteiger partial charge in [0.1, 0.15) is 0 Å². The Morgan fingerprint density at radius 3 is 2.52 bits per heavy atom. The van der Waals surface area contributed by atoms with Crippen LogP contribution in [0.2, 0.25) is 5.02 Å². The quantitative estimate of drug-likeness (QED) is 0.493. The number of nitrogens with zero attached hydrogens (tertiary/aromatic N) is 3. The van der Waals surface area contributed by atoms with Crippen LogP contribution in [0.1, 0.15) is 21.7 Å². The van der Waals surface area contributed by atoms with Crippen molar-refractivity contribution in [3.8, 4) is 17.1 Å². The molecule has 0 unspecified atom stereocenters. The van der Waals surface area contributed by atoms with Gasteiger partial charge in [-0.15, -0.1) is 5.10 Å². The molecule has 0 aliphatic heterocycles. The molecule has 1 N–H and O–H groups in total. The Balaban J connectivity index is 1.79. The van der Waals surface area contributed by atoms with E-state index in [1.165, 1.54) is 0 Å². The van der Waals surface area contributed by atoms with Gasteiger partial charge in [0.05, 0.1) is 5.69 Å². The molecule has 29 heavy (non-hydrogen) atoms. The van der Waals surface area contributed by atoms with Crippen LogP contribution in [0.5, 0.6) is 0 Å². The van der Waals surface area contributed by atoms with E-state index >= 15 is 0 Å². The average Bonchev–Trinajstić information content (AvgIpc) is 3.15. The highest BCUT2D eigenvalue weighted by Gasteiger charge is 2.19. The normalized spacial score (nSPS) is 10.7. The van der Waals surface area contributed by atoms with Crippen LogP contribution < -0.4 is 5.32 Å². The summed E-state index contributed by atoms with van der Waals surface area (Å²) < 4.78 is 1.67. The van der Waals surface area contributed by atoms with Crippen molar-refractivity contribution in [2.45, 2.75) is 13.8 Å². The van der Waals surface area contributed by atoms with Gasteiger partial charge in [-0.1, -0.05) is 54.1 Å². The molecule has 0 saturated carbocycles. The first kappa shape index (κ1) is 18.9.